The highest BCUT2D eigenvalue weighted by atomic mass is 15.2. The quantitative estimate of drug-likeness (QED) is 0.136. The van der Waals surface area contributed by atoms with Gasteiger partial charge in [-0.2, -0.15) is 9.13 Å². The van der Waals surface area contributed by atoms with Gasteiger partial charge in [0.25, 0.3) is 11.6 Å². The maximum atomic E-state index is 8.86. The molecule has 8 nitrogen and oxygen atoms in total. The van der Waals surface area contributed by atoms with Gasteiger partial charge in [0.2, 0.25) is 0 Å². The van der Waals surface area contributed by atoms with Crippen molar-refractivity contribution in [3.05, 3.63) is 167 Å². The van der Waals surface area contributed by atoms with Gasteiger partial charge in [0.15, 0.2) is 0 Å². The van der Waals surface area contributed by atoms with Gasteiger partial charge in [-0.3, -0.25) is 0 Å². The zero-order chi connectivity index (χ0) is 49.6. The Labute approximate surface area is 405 Å². The van der Waals surface area contributed by atoms with E-state index in [1.54, 1.807) is 0 Å². The van der Waals surface area contributed by atoms with Gasteiger partial charge in [0.1, 0.15) is 47.8 Å². The number of para-hydroxylation sites is 1. The molecule has 8 heteroatoms. The zero-order valence-corrected chi connectivity index (χ0v) is 41.8. The van der Waals surface area contributed by atoms with Gasteiger partial charge in [0.05, 0.1) is 47.3 Å². The molecule has 9 aromatic rings. The molecule has 2 aliphatic rings. The third kappa shape index (κ3) is 7.64. The van der Waals surface area contributed by atoms with Crippen molar-refractivity contribution in [2.24, 2.45) is 14.1 Å². The van der Waals surface area contributed by atoms with Gasteiger partial charge >= 0.3 is 0 Å². The molecule has 0 fully saturated rings. The van der Waals surface area contributed by atoms with Crippen molar-refractivity contribution >= 4 is 34.5 Å². The number of nitrogens with zero attached hydrogens (tertiary/aromatic N) is 8. The highest BCUT2D eigenvalue weighted by Crippen LogP contribution is 2.40. The fraction of sp³-hybridized carbons (Fsp3) is 0.300. The number of aryl methyl sites for hydroxylation is 4. The molecule has 0 amide bonds. The summed E-state index contributed by atoms with van der Waals surface area (Å²) in [5.41, 5.74) is 18.4. The van der Waals surface area contributed by atoms with Gasteiger partial charge in [0, 0.05) is 50.2 Å². The predicted molar refractivity (Wildman–Crippen MR) is 281 cm³/mol. The van der Waals surface area contributed by atoms with Crippen LogP contribution >= 0.6 is 0 Å². The molecule has 0 N–H and O–H groups in total. The Morgan fingerprint density at radius 3 is 1.40 bits per heavy atom. The maximum absolute atomic E-state index is 8.86. The van der Waals surface area contributed by atoms with E-state index in [2.05, 4.69) is 193 Å². The first-order chi connectivity index (χ1) is 33.3. The zero-order valence-electron chi connectivity index (χ0n) is 43.8. The van der Waals surface area contributed by atoms with Crippen molar-refractivity contribution in [2.75, 3.05) is 0 Å². The summed E-state index contributed by atoms with van der Waals surface area (Å²) < 4.78 is 31.1. The Morgan fingerprint density at radius 2 is 0.971 bits per heavy atom. The van der Waals surface area contributed by atoms with Crippen LogP contribution in [0.5, 0.6) is 0 Å². The molecule has 0 bridgehead atoms. The SMILES string of the molecule is Cc1cc2nc3n(c2cc1-c1n(-c2c(C(C)C)cc(-c4ccccc4)cc2C(C)C)cc[n+]1C)C=CC3.[2H]C(C)(C)c1cccc(C([2H])(C)C)c1-n1cc[n+](C)c1-c1cc2c(cc1C)nc1n2C=CC1. The second kappa shape index (κ2) is 17.5. The molecule has 0 saturated heterocycles. The van der Waals surface area contributed by atoms with Crippen molar-refractivity contribution in [1.82, 2.24) is 28.2 Å². The summed E-state index contributed by atoms with van der Waals surface area (Å²) in [7, 11) is 4.20. The van der Waals surface area contributed by atoms with Crippen molar-refractivity contribution in [2.45, 2.75) is 106 Å². The Kier molecular flexibility index (Phi) is 10.9. The summed E-state index contributed by atoms with van der Waals surface area (Å²) >= 11 is 0. The molecule has 11 rings (SSSR count). The first kappa shape index (κ1) is 42.3. The second-order valence-electron chi connectivity index (χ2n) is 19.9. The fourth-order valence-corrected chi connectivity index (χ4v) is 10.4. The molecule has 0 saturated carbocycles. The van der Waals surface area contributed by atoms with E-state index in [0.717, 1.165) is 74.8 Å². The summed E-state index contributed by atoms with van der Waals surface area (Å²) in [6.07, 6.45) is 18.8. The maximum Gasteiger partial charge on any atom is 0.294 e. The molecule has 0 spiro atoms. The Hall–Kier alpha value is -7.06. The van der Waals surface area contributed by atoms with Gasteiger partial charge in [-0.1, -0.05) is 116 Å². The molecule has 0 aliphatic carbocycles. The summed E-state index contributed by atoms with van der Waals surface area (Å²) in [6, 6.07) is 30.5. The standard InChI is InChI=1S/C33H35N4.C27H31N4/c1-21(2)26-18-25(24-11-8-7-9-12-24)19-27(22(3)4)32(26)37-16-15-35(6)33(37)28-20-30-29(17-23(28)5)34-31-13-10-14-36(30)31;1-17(2)20-9-7-10-21(18(3)4)26(20)31-14-13-29(6)27(31)22-16-24-23(15-19(22)5)28-25-11-8-12-30(24)25/h7-12,14-22H,13H2,1-6H3;7-10,12-18H,11H2,1-6H3/q2*+1/i;17D,18D. The minimum atomic E-state index is -0.813. The fourth-order valence-electron chi connectivity index (χ4n) is 10.4. The first-order valence-corrected chi connectivity index (χ1v) is 24.2. The van der Waals surface area contributed by atoms with Gasteiger partial charge < -0.3 is 9.13 Å². The van der Waals surface area contributed by atoms with E-state index in [9.17, 15) is 0 Å². The van der Waals surface area contributed by atoms with Crippen LogP contribution in [0.2, 0.25) is 0 Å². The lowest BCUT2D eigenvalue weighted by Gasteiger charge is -2.20. The monoisotopic (exact) mass is 901 g/mol. The highest BCUT2D eigenvalue weighted by Gasteiger charge is 2.30. The minimum Gasteiger partial charge on any atom is -0.303 e. The molecule has 344 valence electrons. The molecule has 4 aromatic heterocycles. The Balaban J connectivity index is 0.000000163. The average molecular weight is 901 g/mol. The number of fused-ring (bicyclic) bond motifs is 6. The molecule has 68 heavy (non-hydrogen) atoms. The molecule has 5 aromatic carbocycles. The molecular formula is C60H66N8+2. The van der Waals surface area contributed by atoms with E-state index in [1.165, 1.54) is 50.4 Å². The number of hydrogen-bond acceptors (Lipinski definition) is 2. The Bertz CT molecular complexity index is 3500. The number of hydrogen-bond donors (Lipinski definition) is 0. The summed E-state index contributed by atoms with van der Waals surface area (Å²) in [5.74, 6) is 3.53. The second-order valence-corrected chi connectivity index (χ2v) is 19.9. The number of aromatic nitrogens is 8. The number of allylic oxidation sites excluding steroid dienone is 2. The van der Waals surface area contributed by atoms with Crippen molar-refractivity contribution in [1.29, 1.82) is 0 Å². The lowest BCUT2D eigenvalue weighted by Crippen LogP contribution is -2.29. The number of imidazole rings is 4. The van der Waals surface area contributed by atoms with E-state index >= 15 is 0 Å². The first-order valence-electron chi connectivity index (χ1n) is 25.2. The summed E-state index contributed by atoms with van der Waals surface area (Å²) in [6.45, 7) is 21.2. The minimum absolute atomic E-state index is 0.378. The van der Waals surface area contributed by atoms with Crippen molar-refractivity contribution in [3.63, 3.8) is 0 Å². The summed E-state index contributed by atoms with van der Waals surface area (Å²) in [4.78, 5) is 9.69. The number of rotatable bonds is 9. The molecule has 0 atom stereocenters. The van der Waals surface area contributed by atoms with Gasteiger partial charge in [-0.15, -0.1) is 0 Å². The molecule has 2 aliphatic heterocycles. The van der Waals surface area contributed by atoms with E-state index in [0.29, 0.717) is 11.8 Å². The van der Waals surface area contributed by atoms with Crippen molar-refractivity contribution in [3.8, 4) is 45.3 Å². The smallest absolute Gasteiger partial charge is 0.294 e. The van der Waals surface area contributed by atoms with Crippen LogP contribution in [0.25, 0.3) is 79.7 Å². The van der Waals surface area contributed by atoms with E-state index in [4.69, 9.17) is 12.7 Å². The van der Waals surface area contributed by atoms with Crippen LogP contribution < -0.4 is 9.13 Å². The third-order valence-corrected chi connectivity index (χ3v) is 13.9. The normalized spacial score (nSPS) is 13.7. The highest BCUT2D eigenvalue weighted by molar-refractivity contribution is 5.87. The van der Waals surface area contributed by atoms with Crippen LogP contribution in [-0.4, -0.2) is 28.2 Å². The van der Waals surface area contributed by atoms with Crippen molar-refractivity contribution < 1.29 is 11.9 Å². The number of benzene rings is 5. The largest absolute Gasteiger partial charge is 0.303 e. The van der Waals surface area contributed by atoms with Crippen LogP contribution in [0.4, 0.5) is 0 Å². The Morgan fingerprint density at radius 1 is 0.529 bits per heavy atom. The van der Waals surface area contributed by atoms with E-state index < -0.39 is 11.8 Å². The van der Waals surface area contributed by atoms with E-state index in [-0.39, 0.29) is 0 Å². The van der Waals surface area contributed by atoms with Crippen LogP contribution in [-0.2, 0) is 26.9 Å². The topological polar surface area (TPSA) is 53.3 Å². The molecule has 0 unspecified atom stereocenters. The van der Waals surface area contributed by atoms with Gasteiger partial charge in [-0.25, -0.2) is 19.1 Å². The molecular weight excluding hydrogens is 833 g/mol. The van der Waals surface area contributed by atoms with E-state index in [1.807, 2.05) is 52.1 Å². The summed E-state index contributed by atoms with van der Waals surface area (Å²) in [5, 5.41) is 0. The molecule has 6 heterocycles. The predicted octanol–water partition coefficient (Wildman–Crippen LogP) is 13.5. The van der Waals surface area contributed by atoms with Crippen LogP contribution in [0, 0.1) is 13.8 Å². The van der Waals surface area contributed by atoms with Gasteiger partial charge in [-0.05, 0) is 96.1 Å². The van der Waals surface area contributed by atoms with Crippen LogP contribution in [0.3, 0.4) is 0 Å². The average Bonchev–Trinajstić information content (AvgIpc) is 4.18. The van der Waals surface area contributed by atoms with Crippen LogP contribution in [0.15, 0.2) is 122 Å². The lowest BCUT2D eigenvalue weighted by molar-refractivity contribution is -0.659. The third-order valence-electron chi connectivity index (χ3n) is 13.9. The van der Waals surface area contributed by atoms with Crippen LogP contribution in [0.1, 0.15) is 127 Å². The lowest BCUT2D eigenvalue weighted by atomic mass is 9.88. The molecule has 0 radical (unpaired) electrons.